The first kappa shape index (κ1) is 17.1. The Labute approximate surface area is 134 Å². The van der Waals surface area contributed by atoms with E-state index >= 15 is 0 Å². The van der Waals surface area contributed by atoms with Gasteiger partial charge in [-0.25, -0.2) is 4.79 Å². The lowest BCUT2D eigenvalue weighted by Gasteiger charge is -2.46. The molecular formula is C15H21N3O5. The van der Waals surface area contributed by atoms with Gasteiger partial charge < -0.3 is 14.4 Å². The third kappa shape index (κ3) is 3.76. The molecule has 0 aromatic heterocycles. The Balaban J connectivity index is 2.08. The molecule has 2 rings (SSSR count). The largest absolute Gasteiger partial charge is 0.444 e. The standard InChI is InChI=1S/C15H21N3O5/c1-14(2,3)23-13(19)17-7-5-11-12(16-6-8-18(20)21)9-15(11,10-17)22-4/h5-6,9H,7-8,10H2,1-4H3/b16-6-. The van der Waals surface area contributed by atoms with Crippen LogP contribution in [0.5, 0.6) is 0 Å². The molecule has 1 amide bonds. The van der Waals surface area contributed by atoms with Gasteiger partial charge in [0, 0.05) is 24.2 Å². The fraction of sp³-hybridized carbons (Fsp3) is 0.600. The maximum atomic E-state index is 12.2. The van der Waals surface area contributed by atoms with Crippen molar-refractivity contribution in [3.63, 3.8) is 0 Å². The molecule has 0 spiro atoms. The number of carbonyl (C=O) groups is 1. The lowest BCUT2D eigenvalue weighted by atomic mass is 9.77. The van der Waals surface area contributed by atoms with Crippen molar-refractivity contribution >= 4 is 12.3 Å². The molecule has 0 aromatic carbocycles. The summed E-state index contributed by atoms with van der Waals surface area (Å²) in [6.07, 6.45) is 4.47. The van der Waals surface area contributed by atoms with E-state index in [2.05, 4.69) is 4.99 Å². The fourth-order valence-corrected chi connectivity index (χ4v) is 2.48. The second-order valence-electron chi connectivity index (χ2n) is 6.43. The molecule has 2 aliphatic rings. The van der Waals surface area contributed by atoms with Crippen LogP contribution in [0.4, 0.5) is 4.79 Å². The highest BCUT2D eigenvalue weighted by atomic mass is 16.6. The van der Waals surface area contributed by atoms with Crippen molar-refractivity contribution in [2.75, 3.05) is 26.7 Å². The number of nitrogens with zero attached hydrogens (tertiary/aromatic N) is 3. The summed E-state index contributed by atoms with van der Waals surface area (Å²) in [5.41, 5.74) is 0.225. The number of fused-ring (bicyclic) bond motifs is 1. The maximum Gasteiger partial charge on any atom is 0.410 e. The number of nitro groups is 1. The van der Waals surface area contributed by atoms with E-state index in [1.54, 1.807) is 18.1 Å². The van der Waals surface area contributed by atoms with E-state index in [1.807, 2.05) is 26.8 Å². The van der Waals surface area contributed by atoms with Gasteiger partial charge in [0.15, 0.2) is 0 Å². The quantitative estimate of drug-likeness (QED) is 0.446. The normalized spacial score (nSPS) is 23.7. The molecule has 23 heavy (non-hydrogen) atoms. The molecule has 0 saturated heterocycles. The molecule has 1 aliphatic heterocycles. The monoisotopic (exact) mass is 323 g/mol. The molecule has 8 heteroatoms. The van der Waals surface area contributed by atoms with E-state index in [9.17, 15) is 14.9 Å². The Morgan fingerprint density at radius 3 is 2.83 bits per heavy atom. The van der Waals surface area contributed by atoms with Crippen LogP contribution in [-0.2, 0) is 9.47 Å². The third-order valence-electron chi connectivity index (χ3n) is 3.52. The van der Waals surface area contributed by atoms with Gasteiger partial charge in [0.2, 0.25) is 6.54 Å². The van der Waals surface area contributed by atoms with Crippen LogP contribution in [0.2, 0.25) is 0 Å². The summed E-state index contributed by atoms with van der Waals surface area (Å²) in [6, 6.07) is 0. The number of amides is 1. The van der Waals surface area contributed by atoms with Gasteiger partial charge in [-0.05, 0) is 26.8 Å². The summed E-state index contributed by atoms with van der Waals surface area (Å²) in [6.45, 7) is 5.83. The summed E-state index contributed by atoms with van der Waals surface area (Å²) in [4.78, 5) is 27.7. The molecule has 0 saturated carbocycles. The highest BCUT2D eigenvalue weighted by Gasteiger charge is 2.47. The van der Waals surface area contributed by atoms with Crippen molar-refractivity contribution in [3.05, 3.63) is 33.5 Å². The van der Waals surface area contributed by atoms with Gasteiger partial charge in [0.25, 0.3) is 0 Å². The van der Waals surface area contributed by atoms with E-state index in [0.717, 1.165) is 5.57 Å². The van der Waals surface area contributed by atoms with Crippen LogP contribution < -0.4 is 0 Å². The van der Waals surface area contributed by atoms with E-state index in [1.165, 1.54) is 6.21 Å². The maximum absolute atomic E-state index is 12.2. The Bertz CT molecular complexity index is 603. The second-order valence-corrected chi connectivity index (χ2v) is 6.43. The first-order valence-electron chi connectivity index (χ1n) is 7.28. The summed E-state index contributed by atoms with van der Waals surface area (Å²) >= 11 is 0. The summed E-state index contributed by atoms with van der Waals surface area (Å²) < 4.78 is 10.9. The zero-order valence-electron chi connectivity index (χ0n) is 13.7. The summed E-state index contributed by atoms with van der Waals surface area (Å²) in [7, 11) is 1.56. The number of methoxy groups -OCH3 is 1. The predicted molar refractivity (Wildman–Crippen MR) is 84.1 cm³/mol. The second kappa shape index (κ2) is 6.11. The van der Waals surface area contributed by atoms with Gasteiger partial charge in [-0.15, -0.1) is 0 Å². The lowest BCUT2D eigenvalue weighted by Crippen LogP contribution is -2.55. The minimum absolute atomic E-state index is 0.325. The van der Waals surface area contributed by atoms with Crippen molar-refractivity contribution in [3.8, 4) is 0 Å². The number of rotatable bonds is 4. The van der Waals surface area contributed by atoms with Crippen molar-refractivity contribution in [2.45, 2.75) is 32.0 Å². The van der Waals surface area contributed by atoms with Gasteiger partial charge in [-0.2, -0.15) is 0 Å². The number of hydrogen-bond acceptors (Lipinski definition) is 6. The fourth-order valence-electron chi connectivity index (χ4n) is 2.48. The molecule has 8 nitrogen and oxygen atoms in total. The average molecular weight is 323 g/mol. The molecule has 0 radical (unpaired) electrons. The van der Waals surface area contributed by atoms with Crippen molar-refractivity contribution in [1.29, 1.82) is 0 Å². The predicted octanol–water partition coefficient (Wildman–Crippen LogP) is 1.79. The van der Waals surface area contributed by atoms with Crippen molar-refractivity contribution < 1.29 is 19.2 Å². The van der Waals surface area contributed by atoms with E-state index < -0.39 is 22.2 Å². The van der Waals surface area contributed by atoms with E-state index in [4.69, 9.17) is 9.47 Å². The van der Waals surface area contributed by atoms with E-state index in [-0.39, 0.29) is 6.54 Å². The zero-order chi connectivity index (χ0) is 17.3. The molecule has 1 heterocycles. The topological polar surface area (TPSA) is 94.3 Å². The van der Waals surface area contributed by atoms with Gasteiger partial charge in [-0.1, -0.05) is 6.08 Å². The number of aliphatic imine (C=N–C) groups is 1. The average Bonchev–Trinajstić information content (AvgIpc) is 2.41. The Kier molecular flexibility index (Phi) is 4.56. The number of ether oxygens (including phenoxy) is 2. The van der Waals surface area contributed by atoms with Crippen LogP contribution >= 0.6 is 0 Å². The van der Waals surface area contributed by atoms with Crippen molar-refractivity contribution in [2.24, 2.45) is 4.99 Å². The number of hydrogen-bond donors (Lipinski definition) is 0. The highest BCUT2D eigenvalue weighted by Crippen LogP contribution is 2.43. The Morgan fingerprint density at radius 2 is 2.26 bits per heavy atom. The summed E-state index contributed by atoms with van der Waals surface area (Å²) in [5, 5.41) is 10.3. The molecule has 1 unspecified atom stereocenters. The molecule has 0 N–H and O–H groups in total. The van der Waals surface area contributed by atoms with E-state index in [0.29, 0.717) is 18.8 Å². The van der Waals surface area contributed by atoms with Crippen LogP contribution in [0.25, 0.3) is 0 Å². The Morgan fingerprint density at radius 1 is 1.57 bits per heavy atom. The smallest absolute Gasteiger partial charge is 0.410 e. The van der Waals surface area contributed by atoms with Crippen LogP contribution in [0.3, 0.4) is 0 Å². The highest BCUT2D eigenvalue weighted by molar-refractivity contribution is 5.71. The first-order valence-corrected chi connectivity index (χ1v) is 7.28. The molecular weight excluding hydrogens is 302 g/mol. The van der Waals surface area contributed by atoms with Gasteiger partial charge >= 0.3 is 6.09 Å². The van der Waals surface area contributed by atoms with Gasteiger partial charge in [0.1, 0.15) is 11.2 Å². The van der Waals surface area contributed by atoms with Crippen molar-refractivity contribution in [1.82, 2.24) is 4.90 Å². The minimum Gasteiger partial charge on any atom is -0.444 e. The SMILES string of the molecule is COC12C=C(/N=C\C[N+](=O)[O-])C1=CCN(C(=O)OC(C)(C)C)C2. The zero-order valence-corrected chi connectivity index (χ0v) is 13.7. The van der Waals surface area contributed by atoms with Gasteiger partial charge in [-0.3, -0.25) is 15.1 Å². The molecule has 1 aliphatic carbocycles. The molecule has 1 atom stereocenters. The van der Waals surface area contributed by atoms with Crippen LogP contribution in [0.1, 0.15) is 20.8 Å². The van der Waals surface area contributed by atoms with Gasteiger partial charge in [0.05, 0.1) is 18.5 Å². The summed E-state index contributed by atoms with van der Waals surface area (Å²) in [5.74, 6) is 0. The number of carbonyl (C=O) groups excluding carboxylic acids is 1. The molecule has 0 bridgehead atoms. The van der Waals surface area contributed by atoms with Crippen LogP contribution in [0.15, 0.2) is 28.4 Å². The van der Waals surface area contributed by atoms with Crippen LogP contribution in [-0.4, -0.2) is 60.1 Å². The Hall–Kier alpha value is -2.22. The lowest BCUT2D eigenvalue weighted by molar-refractivity contribution is -0.462. The minimum atomic E-state index is -0.712. The molecule has 0 aromatic rings. The molecule has 126 valence electrons. The van der Waals surface area contributed by atoms with Crippen LogP contribution in [0, 0.1) is 10.1 Å². The first-order chi connectivity index (χ1) is 10.7. The molecule has 0 fully saturated rings. The third-order valence-corrected chi connectivity index (χ3v) is 3.52.